The molecule has 0 bridgehead atoms. The lowest BCUT2D eigenvalue weighted by atomic mass is 10.4. The van der Waals surface area contributed by atoms with Gasteiger partial charge in [-0.3, -0.25) is 4.90 Å². The van der Waals surface area contributed by atoms with E-state index in [0.29, 0.717) is 0 Å². The normalized spacial score (nSPS) is 15.5. The molecule has 0 fully saturated rings. The minimum atomic E-state index is -4.18. The highest BCUT2D eigenvalue weighted by molar-refractivity contribution is 4.60. The van der Waals surface area contributed by atoms with Gasteiger partial charge < -0.3 is 5.11 Å². The summed E-state index contributed by atoms with van der Waals surface area (Å²) in [6, 6.07) is 0. The second-order valence-electron chi connectivity index (χ2n) is 2.66. The first-order valence-electron chi connectivity index (χ1n) is 3.24. The Morgan fingerprint density at radius 3 is 2.18 bits per heavy atom. The average Bonchev–Trinajstić information content (AvgIpc) is 1.53. The van der Waals surface area contributed by atoms with Gasteiger partial charge in [-0.05, 0) is 14.0 Å². The molecule has 0 spiro atoms. The zero-order valence-electron chi connectivity index (χ0n) is 6.52. The van der Waals surface area contributed by atoms with Gasteiger partial charge in [0.2, 0.25) is 0 Å². The third kappa shape index (κ3) is 7.61. The van der Waals surface area contributed by atoms with E-state index in [9.17, 15) is 13.2 Å². The summed E-state index contributed by atoms with van der Waals surface area (Å²) < 4.78 is 34.9. The molecule has 1 N–H and O–H groups in total. The fraction of sp³-hybridized carbons (Fsp3) is 1.00. The third-order valence-electron chi connectivity index (χ3n) is 1.03. The molecule has 0 aromatic carbocycles. The Morgan fingerprint density at radius 1 is 1.45 bits per heavy atom. The van der Waals surface area contributed by atoms with Crippen molar-refractivity contribution in [2.45, 2.75) is 19.2 Å². The Hall–Kier alpha value is -0.290. The molecule has 68 valence electrons. The van der Waals surface area contributed by atoms with Gasteiger partial charge >= 0.3 is 6.18 Å². The van der Waals surface area contributed by atoms with Crippen molar-refractivity contribution in [3.8, 4) is 0 Å². The summed E-state index contributed by atoms with van der Waals surface area (Å²) in [4.78, 5) is 1.03. The number of hydrogen-bond acceptors (Lipinski definition) is 2. The van der Waals surface area contributed by atoms with Crippen molar-refractivity contribution in [2.24, 2.45) is 0 Å². The first-order valence-corrected chi connectivity index (χ1v) is 3.24. The fourth-order valence-electron chi connectivity index (χ4n) is 0.822. The summed E-state index contributed by atoms with van der Waals surface area (Å²) in [5.41, 5.74) is 0. The first-order chi connectivity index (χ1) is 4.81. The van der Waals surface area contributed by atoms with Crippen molar-refractivity contribution in [3.63, 3.8) is 0 Å². The van der Waals surface area contributed by atoms with E-state index in [-0.39, 0.29) is 6.54 Å². The summed E-state index contributed by atoms with van der Waals surface area (Å²) >= 11 is 0. The number of alkyl halides is 3. The van der Waals surface area contributed by atoms with E-state index in [1.54, 1.807) is 0 Å². The van der Waals surface area contributed by atoms with Gasteiger partial charge in [-0.15, -0.1) is 0 Å². The molecule has 1 unspecified atom stereocenters. The van der Waals surface area contributed by atoms with E-state index in [2.05, 4.69) is 0 Å². The maximum atomic E-state index is 11.6. The molecule has 0 aliphatic heterocycles. The van der Waals surface area contributed by atoms with Crippen LogP contribution in [0.4, 0.5) is 13.2 Å². The van der Waals surface area contributed by atoms with Crippen LogP contribution in [0.3, 0.4) is 0 Å². The maximum Gasteiger partial charge on any atom is 0.401 e. The number of aliphatic hydroxyl groups excluding tert-OH is 1. The Bertz CT molecular complexity index is 113. The monoisotopic (exact) mass is 171 g/mol. The molecule has 0 heterocycles. The summed E-state index contributed by atoms with van der Waals surface area (Å²) in [5.74, 6) is 0. The Labute approximate surface area is 63.6 Å². The SMILES string of the molecule is CC(O)CN(C)CC(F)(F)F. The van der Waals surface area contributed by atoms with Crippen LogP contribution in [-0.4, -0.2) is 42.4 Å². The molecule has 0 rings (SSSR count). The van der Waals surface area contributed by atoms with E-state index in [1.807, 2.05) is 0 Å². The largest absolute Gasteiger partial charge is 0.401 e. The molecule has 0 saturated carbocycles. The average molecular weight is 171 g/mol. The van der Waals surface area contributed by atoms with Crippen LogP contribution in [0.15, 0.2) is 0 Å². The zero-order valence-corrected chi connectivity index (χ0v) is 6.52. The van der Waals surface area contributed by atoms with Crippen molar-refractivity contribution in [1.29, 1.82) is 0 Å². The smallest absolute Gasteiger partial charge is 0.392 e. The van der Waals surface area contributed by atoms with Gasteiger partial charge in [-0.25, -0.2) is 0 Å². The number of hydrogen-bond donors (Lipinski definition) is 1. The van der Waals surface area contributed by atoms with Gasteiger partial charge in [0.1, 0.15) is 0 Å². The molecule has 0 saturated heterocycles. The summed E-state index contributed by atoms with van der Waals surface area (Å²) in [6.45, 7) is 0.518. The van der Waals surface area contributed by atoms with Crippen LogP contribution in [0.25, 0.3) is 0 Å². The van der Waals surface area contributed by atoms with Crippen molar-refractivity contribution in [1.82, 2.24) is 4.90 Å². The van der Waals surface area contributed by atoms with E-state index < -0.39 is 18.8 Å². The van der Waals surface area contributed by atoms with Gasteiger partial charge in [0.15, 0.2) is 0 Å². The summed E-state index contributed by atoms with van der Waals surface area (Å²) in [5, 5.41) is 8.71. The zero-order chi connectivity index (χ0) is 9.07. The van der Waals surface area contributed by atoms with Crippen LogP contribution in [0.2, 0.25) is 0 Å². The van der Waals surface area contributed by atoms with Crippen LogP contribution in [0.5, 0.6) is 0 Å². The number of aliphatic hydroxyl groups is 1. The van der Waals surface area contributed by atoms with Crippen LogP contribution in [0.1, 0.15) is 6.92 Å². The van der Waals surface area contributed by atoms with E-state index in [1.165, 1.54) is 14.0 Å². The maximum absolute atomic E-state index is 11.6. The van der Waals surface area contributed by atoms with E-state index in [4.69, 9.17) is 5.11 Å². The second-order valence-corrected chi connectivity index (χ2v) is 2.66. The number of rotatable bonds is 3. The Kier molecular flexibility index (Phi) is 3.82. The molecule has 0 aromatic rings. The van der Waals surface area contributed by atoms with Crippen molar-refractivity contribution >= 4 is 0 Å². The van der Waals surface area contributed by atoms with Crippen LogP contribution >= 0.6 is 0 Å². The highest BCUT2D eigenvalue weighted by Gasteiger charge is 2.29. The Morgan fingerprint density at radius 2 is 1.91 bits per heavy atom. The number of likely N-dealkylation sites (N-methyl/N-ethyl adjacent to an activating group) is 1. The third-order valence-corrected chi connectivity index (χ3v) is 1.03. The molecular formula is C6H12F3NO. The first kappa shape index (κ1) is 10.7. The van der Waals surface area contributed by atoms with Crippen molar-refractivity contribution < 1.29 is 18.3 Å². The van der Waals surface area contributed by atoms with Gasteiger partial charge in [0.25, 0.3) is 0 Å². The highest BCUT2D eigenvalue weighted by atomic mass is 19.4. The predicted molar refractivity (Wildman–Crippen MR) is 35.2 cm³/mol. The second kappa shape index (κ2) is 3.92. The van der Waals surface area contributed by atoms with Gasteiger partial charge in [-0.1, -0.05) is 0 Å². The molecule has 2 nitrogen and oxygen atoms in total. The van der Waals surface area contributed by atoms with E-state index >= 15 is 0 Å². The van der Waals surface area contributed by atoms with Gasteiger partial charge in [0, 0.05) is 6.54 Å². The molecule has 0 amide bonds. The minimum Gasteiger partial charge on any atom is -0.392 e. The minimum absolute atomic E-state index is 0.0412. The van der Waals surface area contributed by atoms with Crippen LogP contribution in [0, 0.1) is 0 Å². The Balaban J connectivity index is 3.61. The molecule has 0 aliphatic rings. The number of nitrogens with zero attached hydrogens (tertiary/aromatic N) is 1. The molecule has 0 aromatic heterocycles. The van der Waals surface area contributed by atoms with Crippen LogP contribution < -0.4 is 0 Å². The van der Waals surface area contributed by atoms with Crippen molar-refractivity contribution in [3.05, 3.63) is 0 Å². The van der Waals surface area contributed by atoms with Crippen molar-refractivity contribution in [2.75, 3.05) is 20.1 Å². The fourth-order valence-corrected chi connectivity index (χ4v) is 0.822. The van der Waals surface area contributed by atoms with E-state index in [0.717, 1.165) is 4.90 Å². The van der Waals surface area contributed by atoms with Gasteiger partial charge in [-0.2, -0.15) is 13.2 Å². The predicted octanol–water partition coefficient (Wildman–Crippen LogP) is 0.861. The standard InChI is InChI=1S/C6H12F3NO/c1-5(11)3-10(2)4-6(7,8)9/h5,11H,3-4H2,1-2H3. The van der Waals surface area contributed by atoms with Gasteiger partial charge in [0.05, 0.1) is 12.6 Å². The molecule has 0 aliphatic carbocycles. The van der Waals surface area contributed by atoms with Crippen LogP contribution in [-0.2, 0) is 0 Å². The topological polar surface area (TPSA) is 23.5 Å². The number of halogens is 3. The molecule has 1 atom stereocenters. The summed E-state index contributed by atoms with van der Waals surface area (Å²) in [6.07, 6.45) is -4.90. The molecule has 11 heavy (non-hydrogen) atoms. The lowest BCUT2D eigenvalue weighted by Gasteiger charge is -2.19. The molecule has 5 heteroatoms. The quantitative estimate of drug-likeness (QED) is 0.680. The lowest BCUT2D eigenvalue weighted by molar-refractivity contribution is -0.144. The summed E-state index contributed by atoms with van der Waals surface area (Å²) in [7, 11) is 1.32. The highest BCUT2D eigenvalue weighted by Crippen LogP contribution is 2.15. The lowest BCUT2D eigenvalue weighted by Crippen LogP contribution is -2.35. The molecular weight excluding hydrogens is 159 g/mol. The molecule has 0 radical (unpaired) electrons.